The number of hydrogen-bond acceptors (Lipinski definition) is 2. The summed E-state index contributed by atoms with van der Waals surface area (Å²) in [6.45, 7) is 9.68. The zero-order valence-corrected chi connectivity index (χ0v) is 17.4. The third kappa shape index (κ3) is 18.0. The van der Waals surface area contributed by atoms with Crippen LogP contribution in [0.1, 0.15) is 118 Å². The van der Waals surface area contributed by atoms with Crippen LogP contribution in [-0.2, 0) is 9.53 Å². The van der Waals surface area contributed by atoms with Crippen LogP contribution in [0.15, 0.2) is 0 Å². The average Bonchev–Trinajstić information content (AvgIpc) is 2.53. The summed E-state index contributed by atoms with van der Waals surface area (Å²) in [5.74, 6) is -0.796. The van der Waals surface area contributed by atoms with Crippen molar-refractivity contribution in [2.75, 3.05) is 6.61 Å². The highest BCUT2D eigenvalue weighted by molar-refractivity contribution is 5.72. The number of unbranched alkanes of at least 4 members (excludes halogenated alkanes) is 10. The van der Waals surface area contributed by atoms with E-state index < -0.39 is 12.1 Å². The zero-order chi connectivity index (χ0) is 19.0. The Balaban J connectivity index is 3.57. The molecule has 25 heavy (non-hydrogen) atoms. The number of hydrogen-bond donors (Lipinski definition) is 1. The molecule has 0 saturated carbocycles. The third-order valence-electron chi connectivity index (χ3n) is 4.74. The number of aliphatic carboxylic acids is 1. The van der Waals surface area contributed by atoms with E-state index in [0.29, 0.717) is 18.4 Å². The zero-order valence-electron chi connectivity index (χ0n) is 17.4. The first-order chi connectivity index (χ1) is 11.9. The van der Waals surface area contributed by atoms with Crippen molar-refractivity contribution in [3.63, 3.8) is 0 Å². The first-order valence-electron chi connectivity index (χ1n) is 10.7. The minimum atomic E-state index is -0.796. The largest absolute Gasteiger partial charge is 0.479 e. The van der Waals surface area contributed by atoms with Crippen molar-refractivity contribution in [2.24, 2.45) is 5.41 Å². The minimum absolute atomic E-state index is 0.429. The van der Waals surface area contributed by atoms with Crippen LogP contribution < -0.4 is 0 Å². The van der Waals surface area contributed by atoms with E-state index in [4.69, 9.17) is 4.74 Å². The van der Waals surface area contributed by atoms with E-state index in [-0.39, 0.29) is 0 Å². The Bertz CT molecular complexity index is 307. The van der Waals surface area contributed by atoms with Gasteiger partial charge in [0.1, 0.15) is 0 Å². The lowest BCUT2D eigenvalue weighted by Gasteiger charge is -2.17. The van der Waals surface area contributed by atoms with Crippen molar-refractivity contribution in [1.82, 2.24) is 0 Å². The second-order valence-electron chi connectivity index (χ2n) is 8.69. The van der Waals surface area contributed by atoms with Gasteiger partial charge in [0.2, 0.25) is 0 Å². The predicted octanol–water partition coefficient (Wildman–Crippen LogP) is 6.98. The van der Waals surface area contributed by atoms with Crippen molar-refractivity contribution in [1.29, 1.82) is 0 Å². The molecule has 150 valence electrons. The van der Waals surface area contributed by atoms with Gasteiger partial charge in [0.25, 0.3) is 0 Å². The average molecular weight is 357 g/mol. The third-order valence-corrected chi connectivity index (χ3v) is 4.74. The van der Waals surface area contributed by atoms with Crippen LogP contribution in [0.3, 0.4) is 0 Å². The molecular formula is C22H44O3. The van der Waals surface area contributed by atoms with Crippen molar-refractivity contribution >= 4 is 5.97 Å². The maximum Gasteiger partial charge on any atom is 0.332 e. The van der Waals surface area contributed by atoms with E-state index in [1.807, 2.05) is 0 Å². The summed E-state index contributed by atoms with van der Waals surface area (Å²) in [5, 5.41) is 9.28. The smallest absolute Gasteiger partial charge is 0.332 e. The van der Waals surface area contributed by atoms with Gasteiger partial charge in [-0.2, -0.15) is 0 Å². The topological polar surface area (TPSA) is 46.5 Å². The molecule has 0 aliphatic rings. The number of carboxylic acid groups (broad SMARTS) is 1. The van der Waals surface area contributed by atoms with Gasteiger partial charge >= 0.3 is 5.97 Å². The highest BCUT2D eigenvalue weighted by Crippen LogP contribution is 2.22. The Labute approximate surface area is 156 Å². The molecule has 0 radical (unpaired) electrons. The van der Waals surface area contributed by atoms with Gasteiger partial charge in [-0.1, -0.05) is 98.3 Å². The number of rotatable bonds is 17. The maximum absolute atomic E-state index is 11.3. The molecular weight excluding hydrogens is 312 g/mol. The second-order valence-corrected chi connectivity index (χ2v) is 8.69. The highest BCUT2D eigenvalue weighted by Gasteiger charge is 2.17. The van der Waals surface area contributed by atoms with Gasteiger partial charge in [-0.15, -0.1) is 0 Å². The number of carboxylic acids is 1. The fourth-order valence-electron chi connectivity index (χ4n) is 3.08. The van der Waals surface area contributed by atoms with E-state index in [9.17, 15) is 9.90 Å². The summed E-state index contributed by atoms with van der Waals surface area (Å²) < 4.78 is 5.60. The lowest BCUT2D eigenvalue weighted by molar-refractivity contribution is -0.151. The van der Waals surface area contributed by atoms with Crippen LogP contribution in [0, 0.1) is 5.41 Å². The molecule has 0 aromatic carbocycles. The summed E-state index contributed by atoms with van der Waals surface area (Å²) in [5.41, 5.74) is 0.429. The molecule has 0 spiro atoms. The Hall–Kier alpha value is -0.570. The molecule has 0 bridgehead atoms. The van der Waals surface area contributed by atoms with E-state index in [1.54, 1.807) is 0 Å². The molecule has 0 aliphatic heterocycles. The van der Waals surface area contributed by atoms with Gasteiger partial charge in [0.15, 0.2) is 6.10 Å². The maximum atomic E-state index is 11.3. The van der Waals surface area contributed by atoms with Crippen LogP contribution in [0.25, 0.3) is 0 Å². The normalized spacial score (nSPS) is 13.1. The summed E-state index contributed by atoms with van der Waals surface area (Å²) in [6.07, 6.45) is 15.8. The van der Waals surface area contributed by atoms with Crippen molar-refractivity contribution < 1.29 is 14.6 Å². The Kier molecular flexibility index (Phi) is 15.3. The molecule has 1 atom stereocenters. The summed E-state index contributed by atoms with van der Waals surface area (Å²) >= 11 is 0. The van der Waals surface area contributed by atoms with Gasteiger partial charge in [-0.25, -0.2) is 4.79 Å². The van der Waals surface area contributed by atoms with Crippen LogP contribution in [0.4, 0.5) is 0 Å². The Morgan fingerprint density at radius 3 is 1.92 bits per heavy atom. The first kappa shape index (κ1) is 24.4. The van der Waals surface area contributed by atoms with E-state index in [2.05, 4.69) is 27.7 Å². The lowest BCUT2D eigenvalue weighted by Crippen LogP contribution is -2.24. The molecule has 0 saturated heterocycles. The molecule has 0 rings (SSSR count). The van der Waals surface area contributed by atoms with Gasteiger partial charge < -0.3 is 9.84 Å². The SMILES string of the molecule is CCCCCCCCCOC(CCCCCCCC(C)(C)C)C(=O)O. The molecule has 0 aromatic rings. The van der Waals surface area contributed by atoms with Gasteiger partial charge in [0, 0.05) is 6.61 Å². The van der Waals surface area contributed by atoms with Crippen molar-refractivity contribution in [3.05, 3.63) is 0 Å². The summed E-state index contributed by atoms with van der Waals surface area (Å²) in [6, 6.07) is 0. The van der Waals surface area contributed by atoms with Crippen LogP contribution in [0.5, 0.6) is 0 Å². The quantitative estimate of drug-likeness (QED) is 0.286. The molecule has 0 fully saturated rings. The van der Waals surface area contributed by atoms with Crippen molar-refractivity contribution in [2.45, 2.75) is 124 Å². The molecule has 0 aromatic heterocycles. The minimum Gasteiger partial charge on any atom is -0.479 e. The van der Waals surface area contributed by atoms with Gasteiger partial charge in [-0.05, 0) is 24.7 Å². The number of ether oxygens (including phenoxy) is 1. The molecule has 1 unspecified atom stereocenters. The van der Waals surface area contributed by atoms with E-state index >= 15 is 0 Å². The van der Waals surface area contributed by atoms with E-state index in [0.717, 1.165) is 25.7 Å². The Morgan fingerprint density at radius 2 is 1.36 bits per heavy atom. The number of carbonyl (C=O) groups is 1. The predicted molar refractivity (Wildman–Crippen MR) is 107 cm³/mol. The van der Waals surface area contributed by atoms with Gasteiger partial charge in [-0.3, -0.25) is 0 Å². The fourth-order valence-corrected chi connectivity index (χ4v) is 3.08. The van der Waals surface area contributed by atoms with Crippen LogP contribution in [-0.4, -0.2) is 23.8 Å². The Morgan fingerprint density at radius 1 is 0.840 bits per heavy atom. The molecule has 1 N–H and O–H groups in total. The second kappa shape index (κ2) is 15.7. The fraction of sp³-hybridized carbons (Fsp3) is 0.955. The summed E-state index contributed by atoms with van der Waals surface area (Å²) in [7, 11) is 0. The van der Waals surface area contributed by atoms with Crippen LogP contribution in [0.2, 0.25) is 0 Å². The molecule has 0 heterocycles. The molecule has 3 heteroatoms. The lowest BCUT2D eigenvalue weighted by atomic mass is 9.89. The standard InChI is InChI=1S/C22H44O3/c1-5-6-7-8-9-13-16-19-25-20(21(23)24)17-14-11-10-12-15-18-22(2,3)4/h20H,5-19H2,1-4H3,(H,23,24). The van der Waals surface area contributed by atoms with Gasteiger partial charge in [0.05, 0.1) is 0 Å². The first-order valence-corrected chi connectivity index (χ1v) is 10.7. The van der Waals surface area contributed by atoms with E-state index in [1.165, 1.54) is 57.8 Å². The van der Waals surface area contributed by atoms with Crippen molar-refractivity contribution in [3.8, 4) is 0 Å². The molecule has 0 amide bonds. The summed E-state index contributed by atoms with van der Waals surface area (Å²) in [4.78, 5) is 11.3. The highest BCUT2D eigenvalue weighted by atomic mass is 16.5. The molecule has 0 aliphatic carbocycles. The molecule has 3 nitrogen and oxygen atoms in total. The monoisotopic (exact) mass is 356 g/mol. The van der Waals surface area contributed by atoms with Crippen LogP contribution >= 0.6 is 0 Å².